The molecule has 0 saturated carbocycles. The maximum absolute atomic E-state index is 12.4. The van der Waals surface area contributed by atoms with Gasteiger partial charge in [-0.15, -0.1) is 0 Å². The Bertz CT molecular complexity index is 537. The summed E-state index contributed by atoms with van der Waals surface area (Å²) in [6, 6.07) is 4.63. The van der Waals surface area contributed by atoms with Crippen LogP contribution in [-0.4, -0.2) is 9.97 Å². The van der Waals surface area contributed by atoms with Crippen molar-refractivity contribution < 1.29 is 13.2 Å². The third-order valence-electron chi connectivity index (χ3n) is 2.32. The smallest absolute Gasteiger partial charge is 0.307 e. The minimum Gasteiger partial charge on any atom is -0.307 e. The molecule has 18 heavy (non-hydrogen) atoms. The van der Waals surface area contributed by atoms with Gasteiger partial charge in [-0.25, -0.2) is 10.8 Å². The van der Waals surface area contributed by atoms with Gasteiger partial charge in [-0.3, -0.25) is 4.98 Å². The fourth-order valence-electron chi connectivity index (χ4n) is 1.47. The molecule has 7 heteroatoms. The maximum Gasteiger partial charge on any atom is 0.416 e. The molecular weight excluding hydrogens is 245 g/mol. The maximum atomic E-state index is 12.4. The number of halogens is 3. The number of nitrogens with two attached hydrogens (primary N) is 1. The van der Waals surface area contributed by atoms with E-state index in [1.54, 1.807) is 0 Å². The van der Waals surface area contributed by atoms with Crippen LogP contribution < -0.4 is 11.3 Å². The molecular formula is C11H9F3N4. The van der Waals surface area contributed by atoms with E-state index in [1.807, 2.05) is 0 Å². The van der Waals surface area contributed by atoms with Gasteiger partial charge in [0.05, 0.1) is 5.56 Å². The van der Waals surface area contributed by atoms with Gasteiger partial charge in [0.1, 0.15) is 5.69 Å². The number of hydrogen-bond donors (Lipinski definition) is 2. The summed E-state index contributed by atoms with van der Waals surface area (Å²) in [5.74, 6) is 5.56. The highest BCUT2D eigenvalue weighted by atomic mass is 19.4. The molecule has 0 amide bonds. The van der Waals surface area contributed by atoms with Crippen molar-refractivity contribution in [1.82, 2.24) is 9.97 Å². The van der Waals surface area contributed by atoms with Crippen molar-refractivity contribution in [2.24, 2.45) is 5.84 Å². The summed E-state index contributed by atoms with van der Waals surface area (Å²) in [5, 5.41) is 0. The highest BCUT2D eigenvalue weighted by Crippen LogP contribution is 2.31. The zero-order chi connectivity index (χ0) is 13.2. The zero-order valence-electron chi connectivity index (χ0n) is 9.07. The van der Waals surface area contributed by atoms with Crippen LogP contribution in [0.1, 0.15) is 5.56 Å². The van der Waals surface area contributed by atoms with Crippen LogP contribution in [0, 0.1) is 0 Å². The summed E-state index contributed by atoms with van der Waals surface area (Å²) in [6.45, 7) is 0. The first-order valence-corrected chi connectivity index (χ1v) is 4.97. The number of anilines is 1. The normalized spacial score (nSPS) is 11.3. The first-order valence-electron chi connectivity index (χ1n) is 4.97. The van der Waals surface area contributed by atoms with Crippen LogP contribution in [-0.2, 0) is 6.18 Å². The molecule has 0 radical (unpaired) electrons. The molecule has 94 valence electrons. The molecule has 2 aromatic rings. The van der Waals surface area contributed by atoms with Crippen LogP contribution >= 0.6 is 0 Å². The van der Waals surface area contributed by atoms with E-state index in [1.165, 1.54) is 24.5 Å². The highest BCUT2D eigenvalue weighted by Gasteiger charge is 2.30. The quantitative estimate of drug-likeness (QED) is 0.638. The van der Waals surface area contributed by atoms with Gasteiger partial charge in [-0.05, 0) is 12.1 Å². The molecule has 1 heterocycles. The average molecular weight is 254 g/mol. The van der Waals surface area contributed by atoms with E-state index in [2.05, 4.69) is 15.4 Å². The molecule has 1 aromatic carbocycles. The average Bonchev–Trinajstić information content (AvgIpc) is 2.38. The minimum atomic E-state index is -4.35. The largest absolute Gasteiger partial charge is 0.416 e. The minimum absolute atomic E-state index is 0.303. The van der Waals surface area contributed by atoms with Crippen LogP contribution in [0.25, 0.3) is 11.3 Å². The lowest BCUT2D eigenvalue weighted by atomic mass is 10.1. The second kappa shape index (κ2) is 4.61. The molecule has 0 atom stereocenters. The lowest BCUT2D eigenvalue weighted by Gasteiger charge is -2.09. The van der Waals surface area contributed by atoms with Gasteiger partial charge in [-0.1, -0.05) is 12.1 Å². The molecule has 4 nitrogen and oxygen atoms in total. The third-order valence-corrected chi connectivity index (χ3v) is 2.32. The van der Waals surface area contributed by atoms with Gasteiger partial charge < -0.3 is 5.43 Å². The van der Waals surface area contributed by atoms with Gasteiger partial charge >= 0.3 is 6.18 Å². The van der Waals surface area contributed by atoms with Crippen LogP contribution in [0.5, 0.6) is 0 Å². The van der Waals surface area contributed by atoms with Crippen molar-refractivity contribution in [2.45, 2.75) is 6.18 Å². The lowest BCUT2D eigenvalue weighted by molar-refractivity contribution is -0.137. The van der Waals surface area contributed by atoms with Gasteiger partial charge in [0.15, 0.2) is 5.82 Å². The zero-order valence-corrected chi connectivity index (χ0v) is 9.07. The van der Waals surface area contributed by atoms with Gasteiger partial charge in [0.2, 0.25) is 0 Å². The second-order valence-electron chi connectivity index (χ2n) is 3.47. The topological polar surface area (TPSA) is 63.8 Å². The molecule has 0 saturated heterocycles. The van der Waals surface area contributed by atoms with Crippen LogP contribution in [0.4, 0.5) is 19.0 Å². The Labute approximate surface area is 101 Å². The molecule has 3 N–H and O–H groups in total. The number of nitrogens with one attached hydrogen (secondary N) is 1. The van der Waals surface area contributed by atoms with E-state index in [9.17, 15) is 13.2 Å². The standard InChI is InChI=1S/C11H9F3N4/c12-11(13,14)8-3-1-7(2-4-8)9-10(18-15)17-6-5-16-9/h1-6H,15H2,(H,17,18). The van der Waals surface area contributed by atoms with Gasteiger partial charge in [0.25, 0.3) is 0 Å². The summed E-state index contributed by atoms with van der Waals surface area (Å²) >= 11 is 0. The third kappa shape index (κ3) is 2.40. The number of hydrazine groups is 1. The van der Waals surface area contributed by atoms with Crippen LogP contribution in [0.2, 0.25) is 0 Å². The van der Waals surface area contributed by atoms with Crippen LogP contribution in [0.3, 0.4) is 0 Å². The van der Waals surface area contributed by atoms with Crippen LogP contribution in [0.15, 0.2) is 36.7 Å². The van der Waals surface area contributed by atoms with E-state index in [0.29, 0.717) is 17.1 Å². The Balaban J connectivity index is 2.41. The Kier molecular flexibility index (Phi) is 3.15. The number of nitrogens with zero attached hydrogens (tertiary/aromatic N) is 2. The van der Waals surface area contributed by atoms with Gasteiger partial charge in [0, 0.05) is 18.0 Å². The molecule has 0 spiro atoms. The van der Waals surface area contributed by atoms with Crippen molar-refractivity contribution in [3.63, 3.8) is 0 Å². The lowest BCUT2D eigenvalue weighted by Crippen LogP contribution is -2.10. The number of aromatic nitrogens is 2. The molecule has 0 fully saturated rings. The predicted molar refractivity (Wildman–Crippen MR) is 60.3 cm³/mol. The van der Waals surface area contributed by atoms with Gasteiger partial charge in [-0.2, -0.15) is 13.2 Å². The first kappa shape index (κ1) is 12.3. The number of alkyl halides is 3. The van der Waals surface area contributed by atoms with E-state index in [4.69, 9.17) is 5.84 Å². The van der Waals surface area contributed by atoms with E-state index in [0.717, 1.165) is 12.1 Å². The summed E-state index contributed by atoms with van der Waals surface area (Å²) in [5.41, 5.74) is 2.53. The van der Waals surface area contributed by atoms with Crippen molar-refractivity contribution >= 4 is 5.82 Å². The van der Waals surface area contributed by atoms with Crippen molar-refractivity contribution in [3.8, 4) is 11.3 Å². The number of nitrogen functional groups attached to an aromatic ring is 1. The molecule has 0 aliphatic carbocycles. The molecule has 2 rings (SSSR count). The molecule has 0 unspecified atom stereocenters. The van der Waals surface area contributed by atoms with Crippen molar-refractivity contribution in [3.05, 3.63) is 42.2 Å². The Morgan fingerprint density at radius 1 is 1.00 bits per heavy atom. The number of rotatable bonds is 2. The molecule has 0 aliphatic rings. The fourth-order valence-corrected chi connectivity index (χ4v) is 1.47. The molecule has 1 aromatic heterocycles. The summed E-state index contributed by atoms with van der Waals surface area (Å²) in [6.07, 6.45) is -1.48. The highest BCUT2D eigenvalue weighted by molar-refractivity contribution is 5.70. The Morgan fingerprint density at radius 3 is 2.17 bits per heavy atom. The number of benzene rings is 1. The first-order chi connectivity index (χ1) is 8.52. The SMILES string of the molecule is NNc1nccnc1-c1ccc(C(F)(F)F)cc1. The monoisotopic (exact) mass is 254 g/mol. The van der Waals surface area contributed by atoms with Crippen molar-refractivity contribution in [1.29, 1.82) is 0 Å². The fraction of sp³-hybridized carbons (Fsp3) is 0.0909. The summed E-state index contributed by atoms with van der Waals surface area (Å²) in [4.78, 5) is 7.95. The molecule has 0 bridgehead atoms. The summed E-state index contributed by atoms with van der Waals surface area (Å²) in [7, 11) is 0. The summed E-state index contributed by atoms with van der Waals surface area (Å²) < 4.78 is 37.2. The molecule has 0 aliphatic heterocycles. The second-order valence-corrected chi connectivity index (χ2v) is 3.47. The predicted octanol–water partition coefficient (Wildman–Crippen LogP) is 2.45. The van der Waals surface area contributed by atoms with E-state index in [-0.39, 0.29) is 0 Å². The van der Waals surface area contributed by atoms with E-state index < -0.39 is 11.7 Å². The van der Waals surface area contributed by atoms with E-state index >= 15 is 0 Å². The Morgan fingerprint density at radius 2 is 1.61 bits per heavy atom. The van der Waals surface area contributed by atoms with Crippen molar-refractivity contribution in [2.75, 3.05) is 5.43 Å². The Hall–Kier alpha value is -2.15. The number of hydrogen-bond acceptors (Lipinski definition) is 4.